The lowest BCUT2D eigenvalue weighted by Crippen LogP contribution is -2.40. The summed E-state index contributed by atoms with van der Waals surface area (Å²) in [5.74, 6) is 0.420. The van der Waals surface area contributed by atoms with Gasteiger partial charge in [0.05, 0.1) is 29.5 Å². The Balaban J connectivity index is 1.47. The fourth-order valence-corrected chi connectivity index (χ4v) is 6.71. The first-order chi connectivity index (χ1) is 22.4. The summed E-state index contributed by atoms with van der Waals surface area (Å²) in [6, 6.07) is 24.5. The van der Waals surface area contributed by atoms with Gasteiger partial charge in [-0.15, -0.1) is 0 Å². The van der Waals surface area contributed by atoms with Gasteiger partial charge in [-0.05, 0) is 71.7 Å². The number of ether oxygens (including phenoxy) is 3. The summed E-state index contributed by atoms with van der Waals surface area (Å²) in [6.07, 6.45) is 3.12. The first-order valence-corrected chi connectivity index (χ1v) is 16.0. The van der Waals surface area contributed by atoms with Crippen LogP contribution in [0.4, 0.5) is 4.39 Å². The van der Waals surface area contributed by atoms with Gasteiger partial charge in [-0.2, -0.15) is 0 Å². The second kappa shape index (κ2) is 13.5. The molecular formula is C37H33FN2O5S. The summed E-state index contributed by atoms with van der Waals surface area (Å²) >= 11 is 1.28. The zero-order chi connectivity index (χ0) is 32.2. The highest BCUT2D eigenvalue weighted by Gasteiger charge is 2.37. The van der Waals surface area contributed by atoms with Crippen molar-refractivity contribution in [3.8, 4) is 11.5 Å². The van der Waals surface area contributed by atoms with Gasteiger partial charge in [0.15, 0.2) is 4.80 Å². The van der Waals surface area contributed by atoms with Crippen LogP contribution in [0.2, 0.25) is 0 Å². The number of allylic oxidation sites excluding steroid dienone is 1. The van der Waals surface area contributed by atoms with Crippen LogP contribution in [0.5, 0.6) is 11.5 Å². The monoisotopic (exact) mass is 636 g/mol. The third-order valence-electron chi connectivity index (χ3n) is 7.81. The SMILES string of the molecule is CCCC1=C(C(=O)OCC)[C@H](c2c(OC)ccc3ccccc23)n2c(s/c(=C\c3ccc(OCc4ccc(F)cc4)cc3)c2=O)=N1. The Morgan fingerprint density at radius 1 is 1.00 bits per heavy atom. The van der Waals surface area contributed by atoms with E-state index in [0.29, 0.717) is 50.7 Å². The molecule has 0 fully saturated rings. The van der Waals surface area contributed by atoms with Gasteiger partial charge in [0.2, 0.25) is 0 Å². The van der Waals surface area contributed by atoms with Crippen LogP contribution in [0, 0.1) is 5.82 Å². The summed E-state index contributed by atoms with van der Waals surface area (Å²) in [6.45, 7) is 4.29. The lowest BCUT2D eigenvalue weighted by Gasteiger charge is -2.28. The largest absolute Gasteiger partial charge is 0.496 e. The van der Waals surface area contributed by atoms with Gasteiger partial charge in [-0.25, -0.2) is 14.2 Å². The average Bonchev–Trinajstić information content (AvgIpc) is 3.38. The second-order valence-corrected chi connectivity index (χ2v) is 11.8. The molecule has 1 aliphatic heterocycles. The molecule has 6 rings (SSSR count). The van der Waals surface area contributed by atoms with Gasteiger partial charge in [0.1, 0.15) is 30.0 Å². The first-order valence-electron chi connectivity index (χ1n) is 15.2. The number of hydrogen-bond donors (Lipinski definition) is 0. The Morgan fingerprint density at radius 2 is 1.76 bits per heavy atom. The van der Waals surface area contributed by atoms with Gasteiger partial charge in [0.25, 0.3) is 5.56 Å². The van der Waals surface area contributed by atoms with Crippen LogP contribution < -0.4 is 24.4 Å². The number of fused-ring (bicyclic) bond motifs is 2. The molecular weight excluding hydrogens is 603 g/mol. The zero-order valence-electron chi connectivity index (χ0n) is 25.8. The molecule has 5 aromatic rings. The normalized spacial score (nSPS) is 14.6. The number of benzene rings is 4. The Hall–Kier alpha value is -5.02. The van der Waals surface area contributed by atoms with Crippen LogP contribution in [-0.2, 0) is 16.1 Å². The summed E-state index contributed by atoms with van der Waals surface area (Å²) in [5.41, 5.74) is 3.06. The van der Waals surface area contributed by atoms with Crippen molar-refractivity contribution < 1.29 is 23.4 Å². The Morgan fingerprint density at radius 3 is 2.48 bits per heavy atom. The molecule has 0 bridgehead atoms. The fraction of sp³-hybridized carbons (Fsp3) is 0.216. The molecule has 0 amide bonds. The van der Waals surface area contributed by atoms with Crippen molar-refractivity contribution in [1.29, 1.82) is 0 Å². The van der Waals surface area contributed by atoms with Gasteiger partial charge in [-0.3, -0.25) is 9.36 Å². The fourth-order valence-electron chi connectivity index (χ4n) is 5.69. The average molecular weight is 637 g/mol. The van der Waals surface area contributed by atoms with Crippen LogP contribution in [0.3, 0.4) is 0 Å². The highest BCUT2D eigenvalue weighted by molar-refractivity contribution is 7.07. The quantitative estimate of drug-likeness (QED) is 0.165. The molecule has 0 radical (unpaired) electrons. The molecule has 0 spiro atoms. The van der Waals surface area contributed by atoms with Crippen molar-refractivity contribution in [3.05, 3.63) is 138 Å². The van der Waals surface area contributed by atoms with Crippen molar-refractivity contribution in [1.82, 2.24) is 4.57 Å². The summed E-state index contributed by atoms with van der Waals surface area (Å²) in [7, 11) is 1.59. The Labute approximate surface area is 269 Å². The summed E-state index contributed by atoms with van der Waals surface area (Å²) in [4.78, 5) is 33.4. The van der Waals surface area contributed by atoms with Crippen LogP contribution in [-0.4, -0.2) is 24.3 Å². The number of carbonyl (C=O) groups excluding carboxylic acids is 1. The number of halogens is 1. The smallest absolute Gasteiger partial charge is 0.338 e. The number of hydrogen-bond acceptors (Lipinski definition) is 7. The maximum Gasteiger partial charge on any atom is 0.338 e. The van der Waals surface area contributed by atoms with Crippen LogP contribution in [0.25, 0.3) is 16.8 Å². The number of methoxy groups -OCH3 is 1. The number of esters is 1. The predicted molar refractivity (Wildman–Crippen MR) is 177 cm³/mol. The molecule has 9 heteroatoms. The highest BCUT2D eigenvalue weighted by Crippen LogP contribution is 2.41. The zero-order valence-corrected chi connectivity index (χ0v) is 26.6. The first kappa shape index (κ1) is 31.0. The van der Waals surface area contributed by atoms with E-state index in [-0.39, 0.29) is 18.0 Å². The maximum atomic E-state index is 14.3. The van der Waals surface area contributed by atoms with E-state index < -0.39 is 12.0 Å². The van der Waals surface area contributed by atoms with Crippen molar-refractivity contribution >= 4 is 34.2 Å². The molecule has 1 atom stereocenters. The lowest BCUT2D eigenvalue weighted by atomic mass is 9.90. The topological polar surface area (TPSA) is 79.1 Å². The molecule has 1 aliphatic rings. The van der Waals surface area contributed by atoms with E-state index in [1.807, 2.05) is 73.7 Å². The molecule has 4 aromatic carbocycles. The van der Waals surface area contributed by atoms with Crippen LogP contribution in [0.15, 0.2) is 106 Å². The highest BCUT2D eigenvalue weighted by atomic mass is 32.1. The van der Waals surface area contributed by atoms with E-state index in [4.69, 9.17) is 19.2 Å². The molecule has 46 heavy (non-hydrogen) atoms. The minimum absolute atomic E-state index is 0.190. The molecule has 1 aromatic heterocycles. The minimum Gasteiger partial charge on any atom is -0.496 e. The minimum atomic E-state index is -0.803. The summed E-state index contributed by atoms with van der Waals surface area (Å²) < 4.78 is 32.6. The number of aromatic nitrogens is 1. The molecule has 234 valence electrons. The third kappa shape index (κ3) is 6.10. The van der Waals surface area contributed by atoms with Gasteiger partial charge in [0, 0.05) is 5.56 Å². The van der Waals surface area contributed by atoms with E-state index in [1.165, 1.54) is 23.5 Å². The molecule has 0 N–H and O–H groups in total. The van der Waals surface area contributed by atoms with Crippen molar-refractivity contribution in [2.24, 2.45) is 4.99 Å². The number of carbonyl (C=O) groups is 1. The van der Waals surface area contributed by atoms with E-state index in [2.05, 4.69) is 0 Å². The van der Waals surface area contributed by atoms with Crippen molar-refractivity contribution in [2.45, 2.75) is 39.3 Å². The number of rotatable bonds is 10. The van der Waals surface area contributed by atoms with Crippen molar-refractivity contribution in [3.63, 3.8) is 0 Å². The Bertz CT molecular complexity index is 2110. The molecule has 7 nitrogen and oxygen atoms in total. The standard InChI is InChI=1S/C37H33FN2O5S/c1-4-8-29-33(36(42)44-5-2)34(32-28-10-7-6-9-25(28)15-20-30(32)43-3)40-35(41)31(46-37(40)39-29)21-23-13-18-27(19-14-23)45-22-24-11-16-26(38)17-12-24/h6-7,9-21,34H,4-5,8,22H2,1-3H3/b31-21-/t34-/m0/s1. The van der Waals surface area contributed by atoms with E-state index >= 15 is 0 Å². The Kier molecular flexibility index (Phi) is 9.12. The maximum absolute atomic E-state index is 14.3. The lowest BCUT2D eigenvalue weighted by molar-refractivity contribution is -0.139. The number of nitrogens with zero attached hydrogens (tertiary/aromatic N) is 2. The molecule has 0 unspecified atom stereocenters. The van der Waals surface area contributed by atoms with E-state index in [1.54, 1.807) is 30.7 Å². The summed E-state index contributed by atoms with van der Waals surface area (Å²) in [5, 5.41) is 1.83. The van der Waals surface area contributed by atoms with Crippen LogP contribution in [0.1, 0.15) is 49.4 Å². The predicted octanol–water partition coefficient (Wildman–Crippen LogP) is 6.46. The number of thiazole rings is 1. The van der Waals surface area contributed by atoms with Crippen molar-refractivity contribution in [2.75, 3.05) is 13.7 Å². The van der Waals surface area contributed by atoms with Crippen LogP contribution >= 0.6 is 11.3 Å². The van der Waals surface area contributed by atoms with Gasteiger partial charge in [-0.1, -0.05) is 79.3 Å². The van der Waals surface area contributed by atoms with Gasteiger partial charge >= 0.3 is 5.97 Å². The third-order valence-corrected chi connectivity index (χ3v) is 8.80. The molecule has 2 heterocycles. The second-order valence-electron chi connectivity index (χ2n) is 10.8. The molecule has 0 saturated heterocycles. The molecule has 0 aliphatic carbocycles. The van der Waals surface area contributed by atoms with E-state index in [0.717, 1.165) is 28.3 Å². The molecule has 0 saturated carbocycles. The van der Waals surface area contributed by atoms with Gasteiger partial charge < -0.3 is 14.2 Å². The van der Waals surface area contributed by atoms with E-state index in [9.17, 15) is 14.0 Å².